The highest BCUT2D eigenvalue weighted by molar-refractivity contribution is 6.69. The van der Waals surface area contributed by atoms with E-state index in [1.54, 1.807) is 0 Å². The lowest BCUT2D eigenvalue weighted by atomic mass is 9.50. The molecule has 3 fully saturated rings. The highest BCUT2D eigenvalue weighted by Gasteiger charge is 2.56. The number of allylic oxidation sites excluding steroid dienone is 2. The van der Waals surface area contributed by atoms with Crippen molar-refractivity contribution in [3.8, 4) is 0 Å². The predicted molar refractivity (Wildman–Crippen MR) is 79.6 cm³/mol. The number of hydrogen-bond acceptors (Lipinski definition) is 2. The first-order chi connectivity index (χ1) is 8.73. The molecule has 3 saturated carbocycles. The Morgan fingerprint density at radius 3 is 2.74 bits per heavy atom. The number of carbonyl (C=O) groups excluding carboxylic acids is 1. The van der Waals surface area contributed by atoms with Gasteiger partial charge in [0, 0.05) is 6.42 Å². The van der Waals surface area contributed by atoms with Gasteiger partial charge in [0.05, 0.1) is 5.60 Å². The first kappa shape index (κ1) is 13.6. The lowest BCUT2D eigenvalue weighted by Gasteiger charge is -2.59. The largest absolute Gasteiger partial charge is 0.412 e. The maximum absolute atomic E-state index is 11.7. The molecule has 106 valence electrons. The van der Waals surface area contributed by atoms with Gasteiger partial charge >= 0.3 is 0 Å². The van der Waals surface area contributed by atoms with Crippen molar-refractivity contribution in [2.24, 2.45) is 11.3 Å². The van der Waals surface area contributed by atoms with Crippen LogP contribution in [-0.2, 0) is 9.22 Å². The van der Waals surface area contributed by atoms with Gasteiger partial charge < -0.3 is 4.43 Å². The molecule has 1 spiro atoms. The molecule has 0 heterocycles. The predicted octanol–water partition coefficient (Wildman–Crippen LogP) is 4.08. The Bertz CT molecular complexity index is 448. The highest BCUT2D eigenvalue weighted by Crippen LogP contribution is 2.62. The summed E-state index contributed by atoms with van der Waals surface area (Å²) in [5.41, 5.74) is 1.81. The second kappa shape index (κ2) is 4.04. The van der Waals surface area contributed by atoms with Gasteiger partial charge in [-0.2, -0.15) is 0 Å². The van der Waals surface area contributed by atoms with Crippen LogP contribution in [0.5, 0.6) is 0 Å². The Morgan fingerprint density at radius 2 is 2.05 bits per heavy atom. The Hall–Kier alpha value is -0.413. The van der Waals surface area contributed by atoms with Crippen molar-refractivity contribution in [2.75, 3.05) is 0 Å². The van der Waals surface area contributed by atoms with Crippen molar-refractivity contribution < 1.29 is 9.22 Å². The summed E-state index contributed by atoms with van der Waals surface area (Å²) in [6.07, 6.45) is 8.60. The first-order valence-corrected chi connectivity index (χ1v) is 11.1. The SMILES string of the molecule is CC1(O[Si](C)(C)C)C[C@@]23CCC(=O)C=C2C[C@@H]1CC3. The van der Waals surface area contributed by atoms with Crippen molar-refractivity contribution in [1.29, 1.82) is 0 Å². The van der Waals surface area contributed by atoms with Gasteiger partial charge in [-0.15, -0.1) is 0 Å². The van der Waals surface area contributed by atoms with Crippen LogP contribution in [0.4, 0.5) is 0 Å². The number of hydrogen-bond donors (Lipinski definition) is 0. The zero-order chi connectivity index (χ0) is 13.9. The van der Waals surface area contributed by atoms with Crippen molar-refractivity contribution in [3.05, 3.63) is 11.6 Å². The monoisotopic (exact) mass is 278 g/mol. The van der Waals surface area contributed by atoms with Crippen LogP contribution in [0.25, 0.3) is 0 Å². The first-order valence-electron chi connectivity index (χ1n) is 7.67. The van der Waals surface area contributed by atoms with E-state index >= 15 is 0 Å². The van der Waals surface area contributed by atoms with E-state index in [0.29, 0.717) is 17.1 Å². The molecular formula is C16H26O2Si. The molecule has 19 heavy (non-hydrogen) atoms. The number of ketones is 1. The van der Waals surface area contributed by atoms with E-state index in [2.05, 4.69) is 26.6 Å². The zero-order valence-electron chi connectivity index (χ0n) is 12.7. The van der Waals surface area contributed by atoms with E-state index in [0.717, 1.165) is 25.7 Å². The van der Waals surface area contributed by atoms with Crippen LogP contribution >= 0.6 is 0 Å². The maximum Gasteiger partial charge on any atom is 0.184 e. The molecule has 0 N–H and O–H groups in total. The molecule has 0 aromatic rings. The summed E-state index contributed by atoms with van der Waals surface area (Å²) in [7, 11) is -1.51. The smallest absolute Gasteiger partial charge is 0.184 e. The fraction of sp³-hybridized carbons (Fsp3) is 0.812. The molecule has 3 atom stereocenters. The minimum absolute atomic E-state index is 0.0560. The average Bonchev–Trinajstić information content (AvgIpc) is 2.25. The van der Waals surface area contributed by atoms with E-state index in [1.807, 2.05) is 6.08 Å². The van der Waals surface area contributed by atoms with Gasteiger partial charge in [-0.1, -0.05) is 5.57 Å². The molecular weight excluding hydrogens is 252 g/mol. The molecule has 0 amide bonds. The Morgan fingerprint density at radius 1 is 1.32 bits per heavy atom. The van der Waals surface area contributed by atoms with Gasteiger partial charge in [-0.05, 0) is 76.1 Å². The molecule has 0 radical (unpaired) electrons. The third kappa shape index (κ3) is 2.25. The van der Waals surface area contributed by atoms with Crippen LogP contribution in [0.15, 0.2) is 11.6 Å². The molecule has 4 aliphatic rings. The molecule has 4 aliphatic carbocycles. The summed E-state index contributed by atoms with van der Waals surface area (Å²) in [5.74, 6) is 0.972. The fourth-order valence-corrected chi connectivity index (χ4v) is 6.41. The van der Waals surface area contributed by atoms with E-state index in [9.17, 15) is 4.79 Å². The molecule has 2 nitrogen and oxygen atoms in total. The molecule has 1 unspecified atom stereocenters. The van der Waals surface area contributed by atoms with Crippen LogP contribution in [0, 0.1) is 11.3 Å². The summed E-state index contributed by atoms with van der Waals surface area (Å²) < 4.78 is 6.60. The van der Waals surface area contributed by atoms with E-state index in [1.165, 1.54) is 18.4 Å². The Kier molecular flexibility index (Phi) is 2.89. The molecule has 0 aliphatic heterocycles. The third-order valence-corrected chi connectivity index (χ3v) is 6.48. The van der Waals surface area contributed by atoms with Crippen LogP contribution in [0.3, 0.4) is 0 Å². The summed E-state index contributed by atoms with van der Waals surface area (Å²) in [6, 6.07) is 0. The van der Waals surface area contributed by atoms with Crippen LogP contribution in [-0.4, -0.2) is 19.7 Å². The number of rotatable bonds is 2. The molecule has 0 aromatic heterocycles. The number of carbonyl (C=O) groups is 1. The lowest BCUT2D eigenvalue weighted by Crippen LogP contribution is -2.57. The summed E-state index contributed by atoms with van der Waals surface area (Å²) >= 11 is 0. The molecule has 3 heteroatoms. The van der Waals surface area contributed by atoms with Gasteiger partial charge in [0.2, 0.25) is 0 Å². The molecule has 2 bridgehead atoms. The Labute approximate surface area is 117 Å². The number of fused-ring (bicyclic) bond motifs is 2. The minimum Gasteiger partial charge on any atom is -0.412 e. The second-order valence-corrected chi connectivity index (χ2v) is 12.5. The van der Waals surface area contributed by atoms with Crippen molar-refractivity contribution in [3.63, 3.8) is 0 Å². The maximum atomic E-state index is 11.7. The molecule has 0 saturated heterocycles. The van der Waals surface area contributed by atoms with Crippen LogP contribution < -0.4 is 0 Å². The van der Waals surface area contributed by atoms with Gasteiger partial charge in [0.1, 0.15) is 0 Å². The zero-order valence-corrected chi connectivity index (χ0v) is 13.7. The van der Waals surface area contributed by atoms with Crippen molar-refractivity contribution in [1.82, 2.24) is 0 Å². The summed E-state index contributed by atoms with van der Waals surface area (Å²) in [5, 5.41) is 0. The summed E-state index contributed by atoms with van der Waals surface area (Å²) in [6.45, 7) is 9.21. The van der Waals surface area contributed by atoms with Crippen LogP contribution in [0.2, 0.25) is 19.6 Å². The minimum atomic E-state index is -1.51. The van der Waals surface area contributed by atoms with Crippen LogP contribution in [0.1, 0.15) is 45.4 Å². The van der Waals surface area contributed by atoms with Gasteiger partial charge in [0.15, 0.2) is 14.1 Å². The normalized spacial score (nSPS) is 42.0. The molecule has 4 rings (SSSR count). The molecule has 0 aromatic carbocycles. The van der Waals surface area contributed by atoms with Crippen molar-refractivity contribution in [2.45, 2.75) is 70.7 Å². The van der Waals surface area contributed by atoms with E-state index in [4.69, 9.17) is 4.43 Å². The second-order valence-electron chi connectivity index (χ2n) is 8.06. The fourth-order valence-electron chi connectivity index (χ4n) is 4.77. The topological polar surface area (TPSA) is 26.3 Å². The standard InChI is InChI=1S/C16H26O2Si/c1-15(18-19(2,3)4)11-16-7-5-12(15)9-13(16)10-14(17)6-8-16/h10,12H,5-9,11H2,1-4H3/t12-,15?,16+/m0/s1. The quantitative estimate of drug-likeness (QED) is 0.712. The highest BCUT2D eigenvalue weighted by atomic mass is 28.4. The van der Waals surface area contributed by atoms with Gasteiger partial charge in [-0.25, -0.2) is 0 Å². The van der Waals surface area contributed by atoms with Gasteiger partial charge in [0.25, 0.3) is 0 Å². The van der Waals surface area contributed by atoms with Crippen molar-refractivity contribution >= 4 is 14.1 Å². The third-order valence-electron chi connectivity index (χ3n) is 5.40. The average molecular weight is 278 g/mol. The Balaban J connectivity index is 1.92. The van der Waals surface area contributed by atoms with E-state index < -0.39 is 8.32 Å². The van der Waals surface area contributed by atoms with E-state index in [-0.39, 0.29) is 5.60 Å². The lowest BCUT2D eigenvalue weighted by molar-refractivity contribution is -0.120. The van der Waals surface area contributed by atoms with Gasteiger partial charge in [-0.3, -0.25) is 4.79 Å². The summed E-state index contributed by atoms with van der Waals surface area (Å²) in [4.78, 5) is 11.7.